The molecule has 0 bridgehead atoms. The Labute approximate surface area is 116 Å². The van der Waals surface area contributed by atoms with Crippen LogP contribution >= 0.6 is 0 Å². The number of hydrogen-bond acceptors (Lipinski definition) is 4. The van der Waals surface area contributed by atoms with Gasteiger partial charge in [0.25, 0.3) is 0 Å². The predicted molar refractivity (Wildman–Crippen MR) is 72.7 cm³/mol. The number of nitrogens with one attached hydrogen (secondary N) is 1. The lowest BCUT2D eigenvalue weighted by Crippen LogP contribution is -2.39. The van der Waals surface area contributed by atoms with Crippen molar-refractivity contribution in [3.8, 4) is 0 Å². The molecular weight excluding hydrogens is 262 g/mol. The van der Waals surface area contributed by atoms with E-state index in [-0.39, 0.29) is 18.8 Å². The molecule has 1 amide bonds. The zero-order valence-corrected chi connectivity index (χ0v) is 10.9. The van der Waals surface area contributed by atoms with E-state index in [2.05, 4.69) is 11.9 Å². The van der Waals surface area contributed by atoms with Crippen molar-refractivity contribution in [2.45, 2.75) is 12.5 Å². The molecule has 1 rings (SSSR count). The second-order valence-corrected chi connectivity index (χ2v) is 4.12. The van der Waals surface area contributed by atoms with Crippen LogP contribution in [0.3, 0.4) is 0 Å². The van der Waals surface area contributed by atoms with Crippen LogP contribution in [0, 0.1) is 0 Å². The van der Waals surface area contributed by atoms with Crippen LogP contribution < -0.4 is 5.32 Å². The highest BCUT2D eigenvalue weighted by atomic mass is 16.5. The van der Waals surface area contributed by atoms with Crippen molar-refractivity contribution in [2.24, 2.45) is 0 Å². The van der Waals surface area contributed by atoms with E-state index in [1.807, 2.05) is 0 Å². The molecule has 6 heteroatoms. The zero-order chi connectivity index (χ0) is 15.0. The minimum Gasteiger partial charge on any atom is -0.478 e. The van der Waals surface area contributed by atoms with Gasteiger partial charge in [-0.05, 0) is 24.1 Å². The van der Waals surface area contributed by atoms with Crippen molar-refractivity contribution >= 4 is 12.1 Å². The van der Waals surface area contributed by atoms with Gasteiger partial charge in [0, 0.05) is 0 Å². The van der Waals surface area contributed by atoms with Gasteiger partial charge in [0.2, 0.25) is 0 Å². The maximum atomic E-state index is 11.3. The predicted octanol–water partition coefficient (Wildman–Crippen LogP) is 1.20. The summed E-state index contributed by atoms with van der Waals surface area (Å²) >= 11 is 0. The van der Waals surface area contributed by atoms with Gasteiger partial charge in [-0.3, -0.25) is 0 Å². The standard InChI is InChI=1S/C14H17NO5/c1-2-7-20-14(19)15-12(9-16)8-10-3-5-11(6-4-10)13(17)18/h2-6,12,16H,1,7-9H2,(H,15,19)(H,17,18). The molecule has 0 fully saturated rings. The molecule has 0 saturated carbocycles. The Morgan fingerprint density at radius 2 is 2.00 bits per heavy atom. The number of carboxylic acids is 1. The number of aromatic carboxylic acids is 1. The van der Waals surface area contributed by atoms with Gasteiger partial charge in [0.1, 0.15) is 6.61 Å². The molecule has 0 spiro atoms. The number of benzene rings is 1. The quantitative estimate of drug-likeness (QED) is 0.652. The van der Waals surface area contributed by atoms with Gasteiger partial charge in [-0.2, -0.15) is 0 Å². The molecule has 1 unspecified atom stereocenters. The number of aliphatic hydroxyl groups excluding tert-OH is 1. The van der Waals surface area contributed by atoms with E-state index in [9.17, 15) is 14.7 Å². The largest absolute Gasteiger partial charge is 0.478 e. The first-order valence-electron chi connectivity index (χ1n) is 6.04. The summed E-state index contributed by atoms with van der Waals surface area (Å²) < 4.78 is 4.75. The molecule has 0 heterocycles. The van der Waals surface area contributed by atoms with Crippen LogP contribution in [0.2, 0.25) is 0 Å². The third-order valence-corrected chi connectivity index (χ3v) is 2.56. The first-order chi connectivity index (χ1) is 9.56. The van der Waals surface area contributed by atoms with E-state index in [0.717, 1.165) is 5.56 Å². The van der Waals surface area contributed by atoms with E-state index < -0.39 is 18.1 Å². The van der Waals surface area contributed by atoms with Gasteiger partial charge in [-0.15, -0.1) is 0 Å². The molecule has 108 valence electrons. The Balaban J connectivity index is 2.57. The Morgan fingerprint density at radius 1 is 1.35 bits per heavy atom. The van der Waals surface area contributed by atoms with Crippen molar-refractivity contribution < 1.29 is 24.5 Å². The van der Waals surface area contributed by atoms with E-state index in [1.165, 1.54) is 18.2 Å². The van der Waals surface area contributed by atoms with Gasteiger partial charge in [-0.25, -0.2) is 9.59 Å². The minimum atomic E-state index is -0.999. The van der Waals surface area contributed by atoms with Crippen molar-refractivity contribution in [1.29, 1.82) is 0 Å². The number of alkyl carbamates (subject to hydrolysis) is 1. The Kier molecular flexibility index (Phi) is 6.25. The summed E-state index contributed by atoms with van der Waals surface area (Å²) in [7, 11) is 0. The number of amides is 1. The summed E-state index contributed by atoms with van der Waals surface area (Å²) in [5.74, 6) is -0.999. The van der Waals surface area contributed by atoms with E-state index in [0.29, 0.717) is 6.42 Å². The van der Waals surface area contributed by atoms with Crippen LogP contribution in [-0.4, -0.2) is 41.5 Å². The van der Waals surface area contributed by atoms with Crippen LogP contribution in [0.4, 0.5) is 4.79 Å². The number of ether oxygens (including phenoxy) is 1. The highest BCUT2D eigenvalue weighted by Crippen LogP contribution is 2.07. The van der Waals surface area contributed by atoms with E-state index in [1.54, 1.807) is 12.1 Å². The first kappa shape index (κ1) is 15.7. The molecule has 1 aromatic carbocycles. The molecule has 1 atom stereocenters. The topological polar surface area (TPSA) is 95.9 Å². The lowest BCUT2D eigenvalue weighted by molar-refractivity contribution is 0.0697. The first-order valence-corrected chi connectivity index (χ1v) is 6.04. The summed E-state index contributed by atoms with van der Waals surface area (Å²) in [6, 6.07) is 5.73. The van der Waals surface area contributed by atoms with Crippen LogP contribution in [0.25, 0.3) is 0 Å². The van der Waals surface area contributed by atoms with Crippen molar-refractivity contribution in [2.75, 3.05) is 13.2 Å². The molecule has 0 aliphatic heterocycles. The molecule has 0 radical (unpaired) electrons. The molecule has 0 aromatic heterocycles. The maximum Gasteiger partial charge on any atom is 0.407 e. The van der Waals surface area contributed by atoms with Crippen LogP contribution in [0.5, 0.6) is 0 Å². The number of carbonyl (C=O) groups excluding carboxylic acids is 1. The number of rotatable bonds is 7. The molecule has 6 nitrogen and oxygen atoms in total. The molecule has 3 N–H and O–H groups in total. The SMILES string of the molecule is C=CCOC(=O)NC(CO)Cc1ccc(C(=O)O)cc1. The van der Waals surface area contributed by atoms with Crippen molar-refractivity contribution in [3.63, 3.8) is 0 Å². The fourth-order valence-corrected chi connectivity index (χ4v) is 1.57. The van der Waals surface area contributed by atoms with Crippen molar-refractivity contribution in [1.82, 2.24) is 5.32 Å². The Bertz CT molecular complexity index is 469. The van der Waals surface area contributed by atoms with Gasteiger partial charge in [0.15, 0.2) is 0 Å². The second kappa shape index (κ2) is 7.96. The average molecular weight is 279 g/mol. The Hall–Kier alpha value is -2.34. The molecule has 0 aliphatic carbocycles. The van der Waals surface area contributed by atoms with E-state index >= 15 is 0 Å². The van der Waals surface area contributed by atoms with E-state index in [4.69, 9.17) is 9.84 Å². The van der Waals surface area contributed by atoms with Gasteiger partial charge < -0.3 is 20.3 Å². The molecule has 1 aromatic rings. The van der Waals surface area contributed by atoms with Gasteiger partial charge >= 0.3 is 12.1 Å². The zero-order valence-electron chi connectivity index (χ0n) is 10.9. The molecule has 0 saturated heterocycles. The Morgan fingerprint density at radius 3 is 2.50 bits per heavy atom. The van der Waals surface area contributed by atoms with Crippen molar-refractivity contribution in [3.05, 3.63) is 48.0 Å². The summed E-state index contributed by atoms with van der Waals surface area (Å²) in [4.78, 5) is 22.0. The normalized spacial score (nSPS) is 11.4. The molecular formula is C14H17NO5. The number of hydrogen-bond donors (Lipinski definition) is 3. The van der Waals surface area contributed by atoms with Gasteiger partial charge in [-0.1, -0.05) is 24.8 Å². The van der Waals surface area contributed by atoms with Crippen LogP contribution in [0.1, 0.15) is 15.9 Å². The number of aliphatic hydroxyl groups is 1. The smallest absolute Gasteiger partial charge is 0.407 e. The minimum absolute atomic E-state index is 0.0945. The summed E-state index contributed by atoms with van der Waals surface area (Å²) in [5.41, 5.74) is 0.991. The van der Waals surface area contributed by atoms with Crippen LogP contribution in [0.15, 0.2) is 36.9 Å². The summed E-state index contributed by atoms with van der Waals surface area (Å²) in [5, 5.41) is 20.5. The second-order valence-electron chi connectivity index (χ2n) is 4.12. The molecule has 0 aliphatic rings. The summed E-state index contributed by atoms with van der Waals surface area (Å²) in [6.45, 7) is 3.27. The lowest BCUT2D eigenvalue weighted by Gasteiger charge is -2.16. The average Bonchev–Trinajstić information content (AvgIpc) is 2.44. The molecule has 20 heavy (non-hydrogen) atoms. The third kappa shape index (κ3) is 5.11. The number of carboxylic acid groups (broad SMARTS) is 1. The van der Waals surface area contributed by atoms with Crippen LogP contribution in [-0.2, 0) is 11.2 Å². The monoisotopic (exact) mass is 279 g/mol. The summed E-state index contributed by atoms with van der Waals surface area (Å²) in [6.07, 6.45) is 1.18. The number of carbonyl (C=O) groups is 2. The fourth-order valence-electron chi connectivity index (χ4n) is 1.57. The lowest BCUT2D eigenvalue weighted by atomic mass is 10.0. The highest BCUT2D eigenvalue weighted by molar-refractivity contribution is 5.87. The highest BCUT2D eigenvalue weighted by Gasteiger charge is 2.13. The maximum absolute atomic E-state index is 11.3. The third-order valence-electron chi connectivity index (χ3n) is 2.56. The van der Waals surface area contributed by atoms with Gasteiger partial charge in [0.05, 0.1) is 18.2 Å². The fraction of sp³-hybridized carbons (Fsp3) is 0.286.